The highest BCUT2D eigenvalue weighted by atomic mass is 35.5. The van der Waals surface area contributed by atoms with Gasteiger partial charge in [0.1, 0.15) is 0 Å². The fourth-order valence-electron chi connectivity index (χ4n) is 1.60. The van der Waals surface area contributed by atoms with Crippen molar-refractivity contribution >= 4 is 22.9 Å². The van der Waals surface area contributed by atoms with Gasteiger partial charge in [0.2, 0.25) is 0 Å². The highest BCUT2D eigenvalue weighted by molar-refractivity contribution is 7.19. The first-order chi connectivity index (χ1) is 8.16. The molecule has 0 saturated carbocycles. The molecule has 0 fully saturated rings. The molecule has 0 atom stereocenters. The van der Waals surface area contributed by atoms with Crippen molar-refractivity contribution < 1.29 is 0 Å². The smallest absolute Gasteiger partial charge is 0.0935 e. The van der Waals surface area contributed by atoms with E-state index in [9.17, 15) is 0 Å². The number of H-pyrrole nitrogens is 1. The van der Waals surface area contributed by atoms with E-state index in [4.69, 9.17) is 11.6 Å². The molecule has 2 aromatic heterocycles. The first-order valence-corrected chi connectivity index (χ1v) is 6.85. The summed E-state index contributed by atoms with van der Waals surface area (Å²) >= 11 is 7.51. The fraction of sp³-hybridized carbons (Fsp3) is 0.417. The summed E-state index contributed by atoms with van der Waals surface area (Å²) in [4.78, 5) is 1.13. The molecular weight excluding hydrogens is 254 g/mol. The molecule has 2 heterocycles. The molecule has 0 aliphatic rings. The van der Waals surface area contributed by atoms with E-state index in [-0.39, 0.29) is 0 Å². The van der Waals surface area contributed by atoms with Crippen molar-refractivity contribution in [2.45, 2.75) is 20.4 Å². The number of hydrogen-bond donors (Lipinski definition) is 2. The minimum absolute atomic E-state index is 0.654. The van der Waals surface area contributed by atoms with Crippen LogP contribution in [0.3, 0.4) is 0 Å². The number of aromatic amines is 1. The van der Waals surface area contributed by atoms with Crippen LogP contribution in [0.25, 0.3) is 10.6 Å². The normalized spacial score (nSPS) is 11.3. The molecule has 0 bridgehead atoms. The molecular formula is C12H16ClN3S. The highest BCUT2D eigenvalue weighted by Crippen LogP contribution is 2.31. The van der Waals surface area contributed by atoms with Crippen molar-refractivity contribution in [3.8, 4) is 10.6 Å². The van der Waals surface area contributed by atoms with Gasteiger partial charge in [-0.2, -0.15) is 5.10 Å². The van der Waals surface area contributed by atoms with Gasteiger partial charge in [0.05, 0.1) is 21.1 Å². The van der Waals surface area contributed by atoms with E-state index in [1.165, 1.54) is 5.56 Å². The van der Waals surface area contributed by atoms with Crippen LogP contribution >= 0.6 is 22.9 Å². The predicted molar refractivity (Wildman–Crippen MR) is 73.5 cm³/mol. The number of rotatable bonds is 5. The maximum Gasteiger partial charge on any atom is 0.0935 e. The molecule has 0 spiro atoms. The molecule has 0 unspecified atom stereocenters. The third-order valence-corrected chi connectivity index (χ3v) is 3.65. The van der Waals surface area contributed by atoms with Gasteiger partial charge in [0.25, 0.3) is 0 Å². The number of nitrogens with zero attached hydrogens (tertiary/aromatic N) is 1. The maximum absolute atomic E-state index is 5.94. The second-order valence-electron chi connectivity index (χ2n) is 4.40. The van der Waals surface area contributed by atoms with Crippen molar-refractivity contribution in [3.05, 3.63) is 28.2 Å². The van der Waals surface area contributed by atoms with E-state index in [2.05, 4.69) is 29.4 Å². The molecule has 0 aliphatic heterocycles. The van der Waals surface area contributed by atoms with Crippen molar-refractivity contribution in [2.24, 2.45) is 5.92 Å². The SMILES string of the molecule is CC(C)CNCc1cn[nH]c1-c1ccc(Cl)s1. The van der Waals surface area contributed by atoms with Crippen molar-refractivity contribution in [2.75, 3.05) is 6.54 Å². The molecule has 2 N–H and O–H groups in total. The molecule has 0 saturated heterocycles. The van der Waals surface area contributed by atoms with Gasteiger partial charge >= 0.3 is 0 Å². The van der Waals surface area contributed by atoms with Gasteiger partial charge in [-0.25, -0.2) is 0 Å². The summed E-state index contributed by atoms with van der Waals surface area (Å²) in [5.41, 5.74) is 2.25. The standard InChI is InChI=1S/C12H16ClN3S/c1-8(2)5-14-6-9-7-15-16-12(9)10-3-4-11(13)17-10/h3-4,7-8,14H,5-6H2,1-2H3,(H,15,16). The van der Waals surface area contributed by atoms with Crippen LogP contribution in [0.4, 0.5) is 0 Å². The summed E-state index contributed by atoms with van der Waals surface area (Å²) < 4.78 is 0.802. The van der Waals surface area contributed by atoms with E-state index in [1.807, 2.05) is 18.3 Å². The zero-order valence-electron chi connectivity index (χ0n) is 9.96. The summed E-state index contributed by atoms with van der Waals surface area (Å²) in [5, 5.41) is 10.6. The molecule has 2 aromatic rings. The Hall–Kier alpha value is -0.840. The third kappa shape index (κ3) is 3.31. The van der Waals surface area contributed by atoms with Crippen LogP contribution in [-0.4, -0.2) is 16.7 Å². The lowest BCUT2D eigenvalue weighted by atomic mass is 10.2. The highest BCUT2D eigenvalue weighted by Gasteiger charge is 2.09. The lowest BCUT2D eigenvalue weighted by Gasteiger charge is -2.06. The van der Waals surface area contributed by atoms with Gasteiger partial charge in [-0.1, -0.05) is 25.4 Å². The Morgan fingerprint density at radius 1 is 1.47 bits per heavy atom. The second kappa shape index (κ2) is 5.67. The van der Waals surface area contributed by atoms with E-state index in [0.29, 0.717) is 5.92 Å². The van der Waals surface area contributed by atoms with Crippen LogP contribution in [0.5, 0.6) is 0 Å². The first kappa shape index (κ1) is 12.6. The van der Waals surface area contributed by atoms with Crippen molar-refractivity contribution in [1.82, 2.24) is 15.5 Å². The fourth-order valence-corrected chi connectivity index (χ4v) is 2.68. The Morgan fingerprint density at radius 2 is 2.29 bits per heavy atom. The summed E-state index contributed by atoms with van der Waals surface area (Å²) in [6, 6.07) is 3.93. The zero-order valence-corrected chi connectivity index (χ0v) is 11.5. The molecule has 17 heavy (non-hydrogen) atoms. The molecule has 0 radical (unpaired) electrons. The minimum Gasteiger partial charge on any atom is -0.312 e. The molecule has 5 heteroatoms. The summed E-state index contributed by atoms with van der Waals surface area (Å²) in [7, 11) is 0. The molecule has 92 valence electrons. The van der Waals surface area contributed by atoms with E-state index < -0.39 is 0 Å². The Bertz CT molecular complexity index is 476. The van der Waals surface area contributed by atoms with Crippen LogP contribution in [-0.2, 0) is 6.54 Å². The number of thiophene rings is 1. The van der Waals surface area contributed by atoms with Crippen molar-refractivity contribution in [3.63, 3.8) is 0 Å². The molecule has 3 nitrogen and oxygen atoms in total. The van der Waals surface area contributed by atoms with Gasteiger partial charge in [-0.3, -0.25) is 5.10 Å². The van der Waals surface area contributed by atoms with Gasteiger partial charge in [0.15, 0.2) is 0 Å². The molecule has 0 aliphatic carbocycles. The number of hydrogen-bond acceptors (Lipinski definition) is 3. The van der Waals surface area contributed by atoms with Gasteiger partial charge < -0.3 is 5.32 Å². The van der Waals surface area contributed by atoms with Gasteiger partial charge in [-0.15, -0.1) is 11.3 Å². The Labute approximate surface area is 110 Å². The molecule has 2 rings (SSSR count). The summed E-state index contributed by atoms with van der Waals surface area (Å²) in [6.45, 7) is 6.24. The van der Waals surface area contributed by atoms with Crippen LogP contribution in [0.15, 0.2) is 18.3 Å². The van der Waals surface area contributed by atoms with Crippen molar-refractivity contribution in [1.29, 1.82) is 0 Å². The summed E-state index contributed by atoms with van der Waals surface area (Å²) in [6.07, 6.45) is 1.87. The molecule has 0 aromatic carbocycles. The van der Waals surface area contributed by atoms with Crippen LogP contribution in [0, 0.1) is 5.92 Å². The monoisotopic (exact) mass is 269 g/mol. The van der Waals surface area contributed by atoms with Gasteiger partial charge in [-0.05, 0) is 24.6 Å². The van der Waals surface area contributed by atoms with E-state index >= 15 is 0 Å². The van der Waals surface area contributed by atoms with E-state index in [0.717, 1.165) is 28.0 Å². The lowest BCUT2D eigenvalue weighted by Crippen LogP contribution is -2.18. The largest absolute Gasteiger partial charge is 0.312 e. The van der Waals surface area contributed by atoms with Crippen LogP contribution in [0.2, 0.25) is 4.34 Å². The number of nitrogens with one attached hydrogen (secondary N) is 2. The van der Waals surface area contributed by atoms with Crippen LogP contribution < -0.4 is 5.32 Å². The number of aromatic nitrogens is 2. The third-order valence-electron chi connectivity index (χ3n) is 2.41. The zero-order chi connectivity index (χ0) is 12.3. The Kier molecular flexibility index (Phi) is 4.20. The Balaban J connectivity index is 2.07. The average Bonchev–Trinajstić information content (AvgIpc) is 2.86. The maximum atomic E-state index is 5.94. The first-order valence-electron chi connectivity index (χ1n) is 5.65. The number of halogens is 1. The average molecular weight is 270 g/mol. The topological polar surface area (TPSA) is 40.7 Å². The van der Waals surface area contributed by atoms with E-state index in [1.54, 1.807) is 11.3 Å². The molecule has 0 amide bonds. The summed E-state index contributed by atoms with van der Waals surface area (Å²) in [5.74, 6) is 0.654. The van der Waals surface area contributed by atoms with Crippen LogP contribution in [0.1, 0.15) is 19.4 Å². The van der Waals surface area contributed by atoms with Gasteiger partial charge in [0, 0.05) is 12.1 Å². The lowest BCUT2D eigenvalue weighted by molar-refractivity contribution is 0.553. The Morgan fingerprint density at radius 3 is 2.94 bits per heavy atom. The predicted octanol–water partition coefficient (Wildman–Crippen LogP) is 3.54. The minimum atomic E-state index is 0.654. The second-order valence-corrected chi connectivity index (χ2v) is 6.11. The quantitative estimate of drug-likeness (QED) is 0.872.